The average Bonchev–Trinajstić information content (AvgIpc) is 3.12. The number of halogens is 2. The van der Waals surface area contributed by atoms with Crippen LogP contribution in [0.4, 0.5) is 4.39 Å². The van der Waals surface area contributed by atoms with Gasteiger partial charge in [0.25, 0.3) is 0 Å². The molecule has 0 amide bonds. The largest absolute Gasteiger partial charge is 0.379 e. The van der Waals surface area contributed by atoms with Crippen molar-refractivity contribution in [3.63, 3.8) is 0 Å². The van der Waals surface area contributed by atoms with E-state index in [2.05, 4.69) is 27.4 Å². The Kier molecular flexibility index (Phi) is 9.79. The van der Waals surface area contributed by atoms with Gasteiger partial charge in [-0.25, -0.2) is 4.39 Å². The summed E-state index contributed by atoms with van der Waals surface area (Å²) < 4.78 is 19.6. The summed E-state index contributed by atoms with van der Waals surface area (Å²) in [6.07, 6.45) is 2.52. The number of morpholine rings is 1. The average molecular weight is 522 g/mol. The summed E-state index contributed by atoms with van der Waals surface area (Å²) in [5.74, 6) is 1.85. The van der Waals surface area contributed by atoms with Crippen LogP contribution in [0.3, 0.4) is 0 Å². The van der Waals surface area contributed by atoms with Gasteiger partial charge in [0.1, 0.15) is 5.82 Å². The van der Waals surface area contributed by atoms with Crippen LogP contribution in [0.1, 0.15) is 31.4 Å². The van der Waals surface area contributed by atoms with Gasteiger partial charge in [0, 0.05) is 38.0 Å². The number of benzene rings is 1. The number of hydrogen-bond acceptors (Lipinski definition) is 4. The lowest BCUT2D eigenvalue weighted by Crippen LogP contribution is -2.48. The first-order valence-electron chi connectivity index (χ1n) is 9.75. The summed E-state index contributed by atoms with van der Waals surface area (Å²) >= 11 is 2.03. The molecule has 2 N–H and O–H groups in total. The van der Waals surface area contributed by atoms with E-state index in [0.29, 0.717) is 19.8 Å². The summed E-state index contributed by atoms with van der Waals surface area (Å²) in [4.78, 5) is 6.73. The summed E-state index contributed by atoms with van der Waals surface area (Å²) in [7, 11) is 1.80. The van der Waals surface area contributed by atoms with Crippen LogP contribution in [0.5, 0.6) is 0 Å². The zero-order valence-electron chi connectivity index (χ0n) is 16.7. The Hall–Kier alpha value is -0.580. The van der Waals surface area contributed by atoms with Gasteiger partial charge in [-0.05, 0) is 43.2 Å². The van der Waals surface area contributed by atoms with Gasteiger partial charge in [-0.2, -0.15) is 11.8 Å². The second-order valence-corrected chi connectivity index (χ2v) is 9.11. The first-order chi connectivity index (χ1) is 13.1. The lowest BCUT2D eigenvalue weighted by molar-refractivity contribution is 0.0169. The summed E-state index contributed by atoms with van der Waals surface area (Å²) in [5, 5.41) is 6.92. The number of thioether (sulfide) groups is 1. The van der Waals surface area contributed by atoms with E-state index >= 15 is 0 Å². The molecule has 158 valence electrons. The van der Waals surface area contributed by atoms with Gasteiger partial charge >= 0.3 is 0 Å². The molecule has 2 atom stereocenters. The van der Waals surface area contributed by atoms with Gasteiger partial charge in [-0.1, -0.05) is 12.1 Å². The molecule has 0 aliphatic carbocycles. The maximum atomic E-state index is 13.8. The van der Waals surface area contributed by atoms with Crippen molar-refractivity contribution in [2.75, 3.05) is 52.2 Å². The van der Waals surface area contributed by atoms with Gasteiger partial charge in [-0.3, -0.25) is 9.89 Å². The van der Waals surface area contributed by atoms with Crippen molar-refractivity contribution in [2.24, 2.45) is 4.99 Å². The molecule has 2 aliphatic heterocycles. The molecule has 28 heavy (non-hydrogen) atoms. The molecule has 8 heteroatoms. The molecule has 2 unspecified atom stereocenters. The fourth-order valence-electron chi connectivity index (χ4n) is 3.72. The molecule has 2 saturated heterocycles. The van der Waals surface area contributed by atoms with E-state index in [0.717, 1.165) is 31.2 Å². The topological polar surface area (TPSA) is 48.9 Å². The molecule has 0 aromatic heterocycles. The Morgan fingerprint density at radius 2 is 2.14 bits per heavy atom. The van der Waals surface area contributed by atoms with Crippen LogP contribution in [-0.2, 0) is 4.74 Å². The number of nitrogens with zero attached hydrogens (tertiary/aromatic N) is 2. The number of guanidine groups is 1. The van der Waals surface area contributed by atoms with Gasteiger partial charge in [0.05, 0.1) is 19.3 Å². The SMILES string of the molecule is CN=C(NCC(c1cccc(F)c1)N1CCOCC1)NCC1(C)CCCS1.I. The Morgan fingerprint density at radius 1 is 1.36 bits per heavy atom. The van der Waals surface area contributed by atoms with E-state index in [1.165, 1.54) is 24.7 Å². The van der Waals surface area contributed by atoms with E-state index in [1.54, 1.807) is 19.2 Å². The maximum Gasteiger partial charge on any atom is 0.191 e. The first-order valence-corrected chi connectivity index (χ1v) is 10.7. The molecule has 3 rings (SSSR count). The monoisotopic (exact) mass is 522 g/mol. The molecule has 0 bridgehead atoms. The number of rotatable bonds is 6. The highest BCUT2D eigenvalue weighted by Crippen LogP contribution is 2.36. The van der Waals surface area contributed by atoms with Crippen LogP contribution >= 0.6 is 35.7 Å². The van der Waals surface area contributed by atoms with Crippen molar-refractivity contribution in [3.05, 3.63) is 35.6 Å². The standard InChI is InChI=1S/C20H31FN4OS.HI/c1-20(7-4-12-27-20)15-24-19(22-2)23-14-18(25-8-10-26-11-9-25)16-5-3-6-17(21)13-16;/h3,5-6,13,18H,4,7-12,14-15H2,1-2H3,(H2,22,23,24);1H. The minimum Gasteiger partial charge on any atom is -0.379 e. The zero-order valence-corrected chi connectivity index (χ0v) is 19.9. The lowest BCUT2D eigenvalue weighted by atomic mass is 10.0. The number of hydrogen-bond donors (Lipinski definition) is 2. The molecule has 1 aromatic carbocycles. The van der Waals surface area contributed by atoms with E-state index in [9.17, 15) is 4.39 Å². The Balaban J connectivity index is 0.00000280. The van der Waals surface area contributed by atoms with E-state index in [-0.39, 0.29) is 40.6 Å². The minimum atomic E-state index is -0.195. The molecule has 2 fully saturated rings. The van der Waals surface area contributed by atoms with Gasteiger partial charge < -0.3 is 15.4 Å². The van der Waals surface area contributed by atoms with Crippen LogP contribution in [0.25, 0.3) is 0 Å². The fraction of sp³-hybridized carbons (Fsp3) is 0.650. The Labute approximate surface area is 189 Å². The highest BCUT2D eigenvalue weighted by atomic mass is 127. The summed E-state index contributed by atoms with van der Waals surface area (Å²) in [5.41, 5.74) is 0.984. The molecular formula is C20H32FIN4OS. The minimum absolute atomic E-state index is 0. The molecule has 0 saturated carbocycles. The smallest absolute Gasteiger partial charge is 0.191 e. The van der Waals surface area contributed by atoms with Crippen LogP contribution in [-0.4, -0.2) is 67.8 Å². The third-order valence-corrected chi connectivity index (χ3v) is 6.87. The second-order valence-electron chi connectivity index (χ2n) is 7.43. The third-order valence-electron chi connectivity index (χ3n) is 5.34. The van der Waals surface area contributed by atoms with E-state index < -0.39 is 0 Å². The number of aliphatic imine (C=N–C) groups is 1. The Bertz CT molecular complexity index is 636. The lowest BCUT2D eigenvalue weighted by Gasteiger charge is -2.35. The van der Waals surface area contributed by atoms with E-state index in [4.69, 9.17) is 4.74 Å². The molecule has 0 radical (unpaired) electrons. The normalized spacial score (nSPS) is 24.5. The van der Waals surface area contributed by atoms with E-state index in [1.807, 2.05) is 17.8 Å². The number of nitrogens with one attached hydrogen (secondary N) is 2. The highest BCUT2D eigenvalue weighted by molar-refractivity contribution is 14.0. The van der Waals surface area contributed by atoms with Crippen molar-refractivity contribution in [1.82, 2.24) is 15.5 Å². The maximum absolute atomic E-state index is 13.8. The molecule has 2 aliphatic rings. The number of ether oxygens (including phenoxy) is 1. The zero-order chi connectivity index (χ0) is 19.1. The van der Waals surface area contributed by atoms with Crippen molar-refractivity contribution in [2.45, 2.75) is 30.6 Å². The molecule has 5 nitrogen and oxygen atoms in total. The van der Waals surface area contributed by atoms with Crippen molar-refractivity contribution >= 4 is 41.7 Å². The Morgan fingerprint density at radius 3 is 2.79 bits per heavy atom. The van der Waals surface area contributed by atoms with Crippen LogP contribution in [0.2, 0.25) is 0 Å². The molecule has 0 spiro atoms. The summed E-state index contributed by atoms with van der Waals surface area (Å²) in [6.45, 7) is 7.02. The van der Waals surface area contributed by atoms with Crippen molar-refractivity contribution < 1.29 is 9.13 Å². The first kappa shape index (κ1) is 23.7. The highest BCUT2D eigenvalue weighted by Gasteiger charge is 2.29. The predicted octanol–water partition coefficient (Wildman–Crippen LogP) is 3.27. The van der Waals surface area contributed by atoms with Crippen molar-refractivity contribution in [1.29, 1.82) is 0 Å². The predicted molar refractivity (Wildman–Crippen MR) is 126 cm³/mol. The third kappa shape index (κ3) is 6.74. The van der Waals surface area contributed by atoms with Crippen molar-refractivity contribution in [3.8, 4) is 0 Å². The quantitative estimate of drug-likeness (QED) is 0.341. The van der Waals surface area contributed by atoms with Crippen LogP contribution in [0, 0.1) is 5.82 Å². The molecular weight excluding hydrogens is 490 g/mol. The van der Waals surface area contributed by atoms with Gasteiger partial charge in [-0.15, -0.1) is 24.0 Å². The van der Waals surface area contributed by atoms with Gasteiger partial charge in [0.2, 0.25) is 0 Å². The van der Waals surface area contributed by atoms with Crippen LogP contribution in [0.15, 0.2) is 29.3 Å². The molecule has 2 heterocycles. The summed E-state index contributed by atoms with van der Waals surface area (Å²) in [6, 6.07) is 6.99. The van der Waals surface area contributed by atoms with Crippen LogP contribution < -0.4 is 10.6 Å². The second kappa shape index (κ2) is 11.6. The molecule has 1 aromatic rings. The van der Waals surface area contributed by atoms with Gasteiger partial charge in [0.15, 0.2) is 5.96 Å². The fourth-order valence-corrected chi connectivity index (χ4v) is 4.97.